The van der Waals surface area contributed by atoms with Gasteiger partial charge in [-0.15, -0.1) is 0 Å². The summed E-state index contributed by atoms with van der Waals surface area (Å²) in [5.41, 5.74) is 5.18. The van der Waals surface area contributed by atoms with Crippen molar-refractivity contribution in [2.45, 2.75) is 6.92 Å². The van der Waals surface area contributed by atoms with Crippen LogP contribution in [0, 0.1) is 11.8 Å². The van der Waals surface area contributed by atoms with Crippen LogP contribution in [-0.4, -0.2) is 19.0 Å². The number of nitrogens with one attached hydrogen (secondary N) is 1. The summed E-state index contributed by atoms with van der Waals surface area (Å²) in [6, 6.07) is 0. The molecule has 0 bridgehead atoms. The Morgan fingerprint density at radius 3 is 2.91 bits per heavy atom. The topological polar surface area (TPSA) is 55.1 Å². The smallest absolute Gasteiger partial charge is 0.296 e. The third kappa shape index (κ3) is 6.62. The molecule has 0 radical (unpaired) electrons. The normalized spacial score (nSPS) is 8.91. The van der Waals surface area contributed by atoms with Gasteiger partial charge in [0.2, 0.25) is 0 Å². The maximum absolute atomic E-state index is 10.7. The lowest BCUT2D eigenvalue weighted by Gasteiger charge is -1.92. The van der Waals surface area contributed by atoms with Crippen LogP contribution < -0.4 is 11.1 Å². The van der Waals surface area contributed by atoms with Gasteiger partial charge in [-0.25, -0.2) is 0 Å². The van der Waals surface area contributed by atoms with Crippen molar-refractivity contribution in [2.75, 3.05) is 13.1 Å². The number of nitrogens with two attached hydrogens (primary N) is 1. The second-order valence-corrected chi connectivity index (χ2v) is 1.79. The van der Waals surface area contributed by atoms with Gasteiger partial charge in [0, 0.05) is 13.1 Å². The molecule has 0 aromatic heterocycles. The Labute approximate surface area is 66.7 Å². The number of carbonyl (C=O) groups is 1. The highest BCUT2D eigenvalue weighted by atomic mass is 16.1. The van der Waals surface area contributed by atoms with Crippen LogP contribution in [0.3, 0.4) is 0 Å². The van der Waals surface area contributed by atoms with E-state index in [0.717, 1.165) is 0 Å². The third-order valence-corrected chi connectivity index (χ3v) is 0.922. The largest absolute Gasteiger partial charge is 0.342 e. The molecule has 0 fully saturated rings. The summed E-state index contributed by atoms with van der Waals surface area (Å²) >= 11 is 0. The minimum Gasteiger partial charge on any atom is -0.342 e. The number of amides is 1. The molecule has 60 valence electrons. The van der Waals surface area contributed by atoms with Crippen molar-refractivity contribution in [1.29, 1.82) is 0 Å². The van der Waals surface area contributed by atoms with Crippen LogP contribution in [-0.2, 0) is 4.79 Å². The van der Waals surface area contributed by atoms with Crippen LogP contribution in [0.4, 0.5) is 0 Å². The molecule has 0 aliphatic carbocycles. The van der Waals surface area contributed by atoms with Crippen molar-refractivity contribution < 1.29 is 4.79 Å². The van der Waals surface area contributed by atoms with E-state index >= 15 is 0 Å². The van der Waals surface area contributed by atoms with Crippen molar-refractivity contribution in [2.24, 2.45) is 5.73 Å². The molecule has 0 aliphatic rings. The van der Waals surface area contributed by atoms with E-state index in [1.807, 2.05) is 0 Å². The number of carbonyl (C=O) groups excluding carboxylic acids is 1. The Balaban J connectivity index is 3.44. The fourth-order valence-electron chi connectivity index (χ4n) is 0.489. The molecule has 11 heavy (non-hydrogen) atoms. The first kappa shape index (κ1) is 9.73. The standard InChI is InChI=1S/C8H12N2O/c1-2-5-8(11)10-7-4-3-6-9/h3-4H,6-7,9H2,1H3,(H,10,11)/b4-3+. The molecular formula is C8H12N2O. The summed E-state index contributed by atoms with van der Waals surface area (Å²) in [7, 11) is 0. The molecule has 0 saturated heterocycles. The van der Waals surface area contributed by atoms with Crippen LogP contribution in [0.1, 0.15) is 6.92 Å². The minimum absolute atomic E-state index is 0.255. The van der Waals surface area contributed by atoms with Crippen LogP contribution in [0.5, 0.6) is 0 Å². The highest BCUT2D eigenvalue weighted by Gasteiger charge is 1.88. The summed E-state index contributed by atoms with van der Waals surface area (Å²) in [6.07, 6.45) is 3.56. The molecular weight excluding hydrogens is 140 g/mol. The van der Waals surface area contributed by atoms with Gasteiger partial charge in [-0.05, 0) is 12.8 Å². The summed E-state index contributed by atoms with van der Waals surface area (Å²) in [4.78, 5) is 10.7. The van der Waals surface area contributed by atoms with E-state index < -0.39 is 0 Å². The van der Waals surface area contributed by atoms with Crippen LogP contribution in [0.15, 0.2) is 12.2 Å². The minimum atomic E-state index is -0.255. The zero-order valence-electron chi connectivity index (χ0n) is 6.55. The molecule has 0 unspecified atom stereocenters. The molecule has 3 N–H and O–H groups in total. The first-order valence-corrected chi connectivity index (χ1v) is 3.37. The summed E-state index contributed by atoms with van der Waals surface area (Å²) < 4.78 is 0. The van der Waals surface area contributed by atoms with Crippen LogP contribution >= 0.6 is 0 Å². The van der Waals surface area contributed by atoms with Gasteiger partial charge in [-0.2, -0.15) is 0 Å². The van der Waals surface area contributed by atoms with Crippen molar-refractivity contribution in [1.82, 2.24) is 5.32 Å². The van der Waals surface area contributed by atoms with Gasteiger partial charge in [0.25, 0.3) is 5.91 Å². The lowest BCUT2D eigenvalue weighted by molar-refractivity contribution is -0.115. The number of rotatable bonds is 3. The summed E-state index contributed by atoms with van der Waals surface area (Å²) in [5.74, 6) is 4.60. The predicted octanol–water partition coefficient (Wildman–Crippen LogP) is -0.359. The Kier molecular flexibility index (Phi) is 6.05. The van der Waals surface area contributed by atoms with Crippen molar-refractivity contribution in [3.05, 3.63) is 12.2 Å². The SMILES string of the molecule is CC#CC(=O)NC/C=C/CN. The molecule has 1 amide bonds. The Morgan fingerprint density at radius 2 is 2.36 bits per heavy atom. The molecule has 0 rings (SSSR count). The maximum Gasteiger partial charge on any atom is 0.296 e. The van der Waals surface area contributed by atoms with Crippen molar-refractivity contribution in [3.8, 4) is 11.8 Å². The first-order chi connectivity index (χ1) is 5.31. The van der Waals surface area contributed by atoms with E-state index in [1.54, 1.807) is 19.1 Å². The Hall–Kier alpha value is -1.27. The molecule has 0 heterocycles. The van der Waals surface area contributed by atoms with E-state index in [-0.39, 0.29) is 5.91 Å². The van der Waals surface area contributed by atoms with E-state index in [9.17, 15) is 4.79 Å². The molecule has 0 aromatic rings. The Bertz CT molecular complexity index is 198. The monoisotopic (exact) mass is 152 g/mol. The lowest BCUT2D eigenvalue weighted by Crippen LogP contribution is -2.21. The zero-order valence-corrected chi connectivity index (χ0v) is 6.55. The van der Waals surface area contributed by atoms with Gasteiger partial charge in [-0.3, -0.25) is 4.79 Å². The van der Waals surface area contributed by atoms with E-state index in [1.165, 1.54) is 0 Å². The maximum atomic E-state index is 10.7. The Morgan fingerprint density at radius 1 is 1.64 bits per heavy atom. The van der Waals surface area contributed by atoms with Crippen LogP contribution in [0.25, 0.3) is 0 Å². The predicted molar refractivity (Wildman–Crippen MR) is 44.7 cm³/mol. The summed E-state index contributed by atoms with van der Waals surface area (Å²) in [6.45, 7) is 2.61. The molecule has 0 aromatic carbocycles. The van der Waals surface area contributed by atoms with Gasteiger partial charge in [0.1, 0.15) is 0 Å². The fourth-order valence-corrected chi connectivity index (χ4v) is 0.489. The van der Waals surface area contributed by atoms with Gasteiger partial charge < -0.3 is 11.1 Å². The third-order valence-electron chi connectivity index (χ3n) is 0.922. The van der Waals surface area contributed by atoms with Crippen molar-refractivity contribution in [3.63, 3.8) is 0 Å². The average molecular weight is 152 g/mol. The highest BCUT2D eigenvalue weighted by Crippen LogP contribution is 1.67. The summed E-state index contributed by atoms with van der Waals surface area (Å²) in [5, 5.41) is 2.56. The molecule has 3 nitrogen and oxygen atoms in total. The van der Waals surface area contributed by atoms with Gasteiger partial charge in [0.05, 0.1) is 0 Å². The lowest BCUT2D eigenvalue weighted by atomic mass is 10.4. The number of hydrogen-bond acceptors (Lipinski definition) is 2. The molecule has 0 saturated carbocycles. The second-order valence-electron chi connectivity index (χ2n) is 1.79. The van der Waals surface area contributed by atoms with E-state index in [4.69, 9.17) is 5.73 Å². The quantitative estimate of drug-likeness (QED) is 0.428. The fraction of sp³-hybridized carbons (Fsp3) is 0.375. The molecule has 3 heteroatoms. The number of hydrogen-bond donors (Lipinski definition) is 2. The molecule has 0 spiro atoms. The van der Waals surface area contributed by atoms with E-state index in [2.05, 4.69) is 17.2 Å². The van der Waals surface area contributed by atoms with Gasteiger partial charge in [-0.1, -0.05) is 18.1 Å². The highest BCUT2D eigenvalue weighted by molar-refractivity contribution is 5.93. The van der Waals surface area contributed by atoms with Crippen LogP contribution in [0.2, 0.25) is 0 Å². The van der Waals surface area contributed by atoms with Gasteiger partial charge in [0.15, 0.2) is 0 Å². The van der Waals surface area contributed by atoms with Crippen molar-refractivity contribution >= 4 is 5.91 Å². The zero-order chi connectivity index (χ0) is 8.53. The average Bonchev–Trinajstić information content (AvgIpc) is 1.99. The second kappa shape index (κ2) is 6.84. The van der Waals surface area contributed by atoms with E-state index in [0.29, 0.717) is 13.1 Å². The molecule has 0 atom stereocenters. The molecule has 0 aliphatic heterocycles. The van der Waals surface area contributed by atoms with Gasteiger partial charge >= 0.3 is 0 Å². The first-order valence-electron chi connectivity index (χ1n) is 3.37.